The lowest BCUT2D eigenvalue weighted by molar-refractivity contribution is -0.132. The molecule has 9 nitrogen and oxygen atoms in total. The second-order valence-electron chi connectivity index (χ2n) is 8.55. The molecule has 2 heterocycles. The number of methoxy groups -OCH3 is 2. The second kappa shape index (κ2) is 11.1. The first-order valence-electron chi connectivity index (χ1n) is 11.7. The van der Waals surface area contributed by atoms with E-state index in [-0.39, 0.29) is 27.8 Å². The number of anilines is 1. The fourth-order valence-electron chi connectivity index (χ4n) is 4.13. The van der Waals surface area contributed by atoms with Crippen LogP contribution in [0.15, 0.2) is 54.6 Å². The molecule has 1 aliphatic heterocycles. The number of Topliss-reactive ketones (excluding diaryl/α,β-unsaturated/α-hetero) is 1. The van der Waals surface area contributed by atoms with Crippen molar-refractivity contribution in [3.63, 3.8) is 0 Å². The van der Waals surface area contributed by atoms with E-state index in [1.807, 2.05) is 0 Å². The van der Waals surface area contributed by atoms with Gasteiger partial charge in [-0.3, -0.25) is 14.5 Å². The third-order valence-corrected chi connectivity index (χ3v) is 7.25. The lowest BCUT2D eigenvalue weighted by atomic mass is 9.94. The van der Waals surface area contributed by atoms with Crippen LogP contribution in [0.3, 0.4) is 0 Å². The summed E-state index contributed by atoms with van der Waals surface area (Å²) in [6.07, 6.45) is 1.56. The molecule has 1 aliphatic rings. The minimum atomic E-state index is -1.19. The van der Waals surface area contributed by atoms with Crippen LogP contribution in [0, 0.1) is 19.7 Å². The molecule has 0 aliphatic carbocycles. The summed E-state index contributed by atoms with van der Waals surface area (Å²) in [6.45, 7) is 6.96. The average molecular weight is 553 g/mol. The molecule has 1 saturated heterocycles. The molecule has 1 atom stereocenters. The Morgan fingerprint density at radius 3 is 2.56 bits per heavy atom. The van der Waals surface area contributed by atoms with Crippen molar-refractivity contribution in [3.05, 3.63) is 87.7 Å². The molecule has 3 aromatic rings. The van der Waals surface area contributed by atoms with Crippen LogP contribution in [0.25, 0.3) is 5.76 Å². The highest BCUT2D eigenvalue weighted by molar-refractivity contribution is 7.17. The van der Waals surface area contributed by atoms with Gasteiger partial charge in [0.25, 0.3) is 5.78 Å². The van der Waals surface area contributed by atoms with Crippen molar-refractivity contribution < 1.29 is 38.1 Å². The summed E-state index contributed by atoms with van der Waals surface area (Å²) in [4.78, 5) is 44.7. The van der Waals surface area contributed by atoms with Gasteiger partial charge in [-0.1, -0.05) is 42.2 Å². The van der Waals surface area contributed by atoms with Crippen LogP contribution in [0.4, 0.5) is 9.52 Å². The molecule has 11 heteroatoms. The fourth-order valence-corrected chi connectivity index (χ4v) is 5.14. The first-order valence-corrected chi connectivity index (χ1v) is 12.5. The number of carbonyl (C=O) groups excluding carboxylic acids is 3. The molecular weight excluding hydrogens is 527 g/mol. The quantitative estimate of drug-likeness (QED) is 0.138. The van der Waals surface area contributed by atoms with E-state index >= 15 is 0 Å². The number of benzene rings is 2. The highest BCUT2D eigenvalue weighted by Crippen LogP contribution is 2.45. The highest BCUT2D eigenvalue weighted by atomic mass is 32.1. The third-order valence-electron chi connectivity index (χ3n) is 6.11. The number of hydrogen-bond donors (Lipinski definition) is 1. The number of aliphatic hydroxyl groups excluding tert-OH is 1. The van der Waals surface area contributed by atoms with E-state index in [2.05, 4.69) is 11.6 Å². The number of hydrogen-bond acceptors (Lipinski definition) is 9. The number of rotatable bonds is 8. The summed E-state index contributed by atoms with van der Waals surface area (Å²) >= 11 is 0.868. The standard InChI is InChI=1S/C28H25FN2O7S/c1-6-11-38-19-10-9-16(13-20(19)36-4)22-21(23(32)17-8-7-14(2)18(29)12-17)24(33)26(34)31(22)28-30-15(3)25(39-28)27(35)37-5/h6-10,12-13,22,32H,1,11H2,2-5H3. The van der Waals surface area contributed by atoms with Crippen molar-refractivity contribution >= 4 is 39.9 Å². The predicted molar refractivity (Wildman–Crippen MR) is 143 cm³/mol. The molecular formula is C28H25FN2O7S. The third kappa shape index (κ3) is 5.00. The minimum absolute atomic E-state index is 0.0181. The van der Waals surface area contributed by atoms with E-state index in [4.69, 9.17) is 14.2 Å². The Kier molecular flexibility index (Phi) is 7.82. The number of thiazole rings is 1. The molecule has 1 amide bonds. The van der Waals surface area contributed by atoms with Crippen molar-refractivity contribution in [2.75, 3.05) is 25.7 Å². The van der Waals surface area contributed by atoms with Gasteiger partial charge < -0.3 is 19.3 Å². The Morgan fingerprint density at radius 2 is 1.92 bits per heavy atom. The minimum Gasteiger partial charge on any atom is -0.507 e. The number of aliphatic hydroxyl groups is 1. The molecule has 1 aromatic heterocycles. The fraction of sp³-hybridized carbons (Fsp3) is 0.214. The van der Waals surface area contributed by atoms with Gasteiger partial charge in [-0.15, -0.1) is 0 Å². The lowest BCUT2D eigenvalue weighted by Crippen LogP contribution is -2.29. The molecule has 4 rings (SSSR count). The summed E-state index contributed by atoms with van der Waals surface area (Å²) < 4.78 is 30.3. The van der Waals surface area contributed by atoms with E-state index in [1.165, 1.54) is 26.4 Å². The maximum Gasteiger partial charge on any atom is 0.350 e. The molecule has 0 bridgehead atoms. The van der Waals surface area contributed by atoms with Crippen LogP contribution in [-0.4, -0.2) is 48.6 Å². The van der Waals surface area contributed by atoms with Crippen molar-refractivity contribution in [1.29, 1.82) is 0 Å². The number of aromatic nitrogens is 1. The Balaban J connectivity index is 1.96. The van der Waals surface area contributed by atoms with Gasteiger partial charge in [-0.2, -0.15) is 0 Å². The highest BCUT2D eigenvalue weighted by Gasteiger charge is 2.48. The van der Waals surface area contributed by atoms with E-state index in [0.717, 1.165) is 22.3 Å². The first kappa shape index (κ1) is 27.5. The van der Waals surface area contributed by atoms with Crippen LogP contribution in [-0.2, 0) is 14.3 Å². The molecule has 39 heavy (non-hydrogen) atoms. The van der Waals surface area contributed by atoms with Crippen molar-refractivity contribution in [3.8, 4) is 11.5 Å². The Labute approximate surface area is 227 Å². The zero-order chi connectivity index (χ0) is 28.4. The van der Waals surface area contributed by atoms with E-state index in [0.29, 0.717) is 28.3 Å². The van der Waals surface area contributed by atoms with Crippen LogP contribution in [0.1, 0.15) is 38.1 Å². The number of ketones is 1. The normalized spacial score (nSPS) is 16.3. The molecule has 1 unspecified atom stereocenters. The van der Waals surface area contributed by atoms with Crippen molar-refractivity contribution in [1.82, 2.24) is 4.98 Å². The Bertz CT molecular complexity index is 1530. The second-order valence-corrected chi connectivity index (χ2v) is 9.52. The SMILES string of the molecule is C=CCOc1ccc(C2C(=C(O)c3ccc(C)c(F)c3)C(=O)C(=O)N2c2nc(C)c(C(=O)OC)s2)cc1OC. The zero-order valence-corrected chi connectivity index (χ0v) is 22.4. The number of ether oxygens (including phenoxy) is 3. The molecule has 0 saturated carbocycles. The first-order chi connectivity index (χ1) is 18.6. The van der Waals surface area contributed by atoms with Gasteiger partial charge in [-0.25, -0.2) is 14.2 Å². The molecule has 0 radical (unpaired) electrons. The van der Waals surface area contributed by atoms with Gasteiger partial charge in [0.15, 0.2) is 16.6 Å². The number of halogens is 1. The lowest BCUT2D eigenvalue weighted by Gasteiger charge is -2.24. The predicted octanol–water partition coefficient (Wildman–Crippen LogP) is 4.89. The maximum atomic E-state index is 14.4. The molecule has 2 aromatic carbocycles. The van der Waals surface area contributed by atoms with Gasteiger partial charge in [0, 0.05) is 5.56 Å². The Hall–Kier alpha value is -4.51. The average Bonchev–Trinajstić information content (AvgIpc) is 3.44. The Morgan fingerprint density at radius 1 is 1.18 bits per heavy atom. The van der Waals surface area contributed by atoms with Crippen molar-refractivity contribution in [2.24, 2.45) is 0 Å². The summed E-state index contributed by atoms with van der Waals surface area (Å²) in [5.74, 6) is -3.10. The number of esters is 1. The van der Waals surface area contributed by atoms with Crippen LogP contribution >= 0.6 is 11.3 Å². The maximum absolute atomic E-state index is 14.4. The van der Waals surface area contributed by atoms with E-state index in [1.54, 1.807) is 38.1 Å². The summed E-state index contributed by atoms with van der Waals surface area (Å²) in [7, 11) is 2.65. The monoisotopic (exact) mass is 552 g/mol. The summed E-state index contributed by atoms with van der Waals surface area (Å²) in [5.41, 5.74) is 0.756. The van der Waals surface area contributed by atoms with E-state index in [9.17, 15) is 23.9 Å². The number of aryl methyl sites for hydroxylation is 2. The van der Waals surface area contributed by atoms with Crippen LogP contribution in [0.2, 0.25) is 0 Å². The van der Waals surface area contributed by atoms with Gasteiger partial charge in [-0.05, 0) is 43.2 Å². The molecule has 1 N–H and O–H groups in total. The molecule has 0 spiro atoms. The van der Waals surface area contributed by atoms with Gasteiger partial charge in [0.1, 0.15) is 23.1 Å². The van der Waals surface area contributed by atoms with Gasteiger partial charge >= 0.3 is 11.9 Å². The molecule has 1 fully saturated rings. The summed E-state index contributed by atoms with van der Waals surface area (Å²) in [5, 5.41) is 11.3. The number of amides is 1. The van der Waals surface area contributed by atoms with Crippen LogP contribution in [0.5, 0.6) is 11.5 Å². The van der Waals surface area contributed by atoms with Gasteiger partial charge in [0.05, 0.1) is 31.5 Å². The molecule has 202 valence electrons. The zero-order valence-electron chi connectivity index (χ0n) is 21.6. The van der Waals surface area contributed by atoms with Crippen LogP contribution < -0.4 is 14.4 Å². The largest absolute Gasteiger partial charge is 0.507 e. The number of carbonyl (C=O) groups is 3. The van der Waals surface area contributed by atoms with E-state index < -0.39 is 35.3 Å². The smallest absolute Gasteiger partial charge is 0.350 e. The topological polar surface area (TPSA) is 115 Å². The number of nitrogens with zero attached hydrogens (tertiary/aromatic N) is 2. The summed E-state index contributed by atoms with van der Waals surface area (Å²) in [6, 6.07) is 7.57. The van der Waals surface area contributed by atoms with Crippen molar-refractivity contribution in [2.45, 2.75) is 19.9 Å². The van der Waals surface area contributed by atoms with Gasteiger partial charge in [0.2, 0.25) is 0 Å².